The summed E-state index contributed by atoms with van der Waals surface area (Å²) in [4.78, 5) is 23.6. The van der Waals surface area contributed by atoms with E-state index in [0.29, 0.717) is 17.1 Å². The van der Waals surface area contributed by atoms with E-state index in [1.165, 1.54) is 6.92 Å². The number of hydrogen-bond acceptors (Lipinski definition) is 4. The zero-order valence-corrected chi connectivity index (χ0v) is 13.8. The van der Waals surface area contributed by atoms with Crippen LogP contribution in [0.3, 0.4) is 0 Å². The highest BCUT2D eigenvalue weighted by Crippen LogP contribution is 2.18. The Hall–Kier alpha value is -2.56. The van der Waals surface area contributed by atoms with Crippen LogP contribution < -0.4 is 10.1 Å². The molecule has 0 aliphatic heterocycles. The minimum atomic E-state index is -0.685. The number of aryl methyl sites for hydroxylation is 1. The lowest BCUT2D eigenvalue weighted by Crippen LogP contribution is -2.37. The van der Waals surface area contributed by atoms with E-state index in [0.717, 1.165) is 5.76 Å². The molecule has 1 amide bonds. The monoisotopic (exact) mass is 315 g/mol. The van der Waals surface area contributed by atoms with Gasteiger partial charge < -0.3 is 14.5 Å². The maximum Gasteiger partial charge on any atom is 0.261 e. The summed E-state index contributed by atoms with van der Waals surface area (Å²) < 4.78 is 11.1. The van der Waals surface area contributed by atoms with Crippen LogP contribution in [0.15, 0.2) is 40.8 Å². The zero-order valence-electron chi connectivity index (χ0n) is 13.8. The molecule has 0 fully saturated rings. The molecule has 0 spiro atoms. The molecule has 23 heavy (non-hydrogen) atoms. The normalized spacial score (nSPS) is 13.2. The number of carbonyl (C=O) groups is 2. The van der Waals surface area contributed by atoms with Crippen molar-refractivity contribution in [3.8, 4) is 5.75 Å². The van der Waals surface area contributed by atoms with Crippen molar-refractivity contribution >= 4 is 11.7 Å². The summed E-state index contributed by atoms with van der Waals surface area (Å²) >= 11 is 0. The van der Waals surface area contributed by atoms with Crippen molar-refractivity contribution in [2.45, 2.75) is 39.8 Å². The Morgan fingerprint density at radius 2 is 1.91 bits per heavy atom. The Morgan fingerprint density at radius 3 is 2.52 bits per heavy atom. The van der Waals surface area contributed by atoms with Crippen LogP contribution in [0.4, 0.5) is 0 Å². The number of nitrogens with one attached hydrogen (secondary N) is 1. The second-order valence-electron chi connectivity index (χ2n) is 5.52. The second kappa shape index (κ2) is 7.13. The minimum absolute atomic E-state index is 0.0469. The Balaban J connectivity index is 1.97. The minimum Gasteiger partial charge on any atom is -0.481 e. The fourth-order valence-corrected chi connectivity index (χ4v) is 2.13. The number of amides is 1. The van der Waals surface area contributed by atoms with Gasteiger partial charge in [-0.15, -0.1) is 0 Å². The third-order valence-corrected chi connectivity index (χ3v) is 3.47. The van der Waals surface area contributed by atoms with E-state index >= 15 is 0 Å². The lowest BCUT2D eigenvalue weighted by atomic mass is 10.1. The number of carbonyl (C=O) groups excluding carboxylic acids is 2. The Kier molecular flexibility index (Phi) is 5.21. The van der Waals surface area contributed by atoms with Gasteiger partial charge in [0.05, 0.1) is 6.04 Å². The first-order chi connectivity index (χ1) is 10.9. The van der Waals surface area contributed by atoms with Crippen molar-refractivity contribution in [2.75, 3.05) is 0 Å². The first kappa shape index (κ1) is 16.8. The summed E-state index contributed by atoms with van der Waals surface area (Å²) in [5, 5.41) is 2.84. The van der Waals surface area contributed by atoms with Gasteiger partial charge in [0.2, 0.25) is 0 Å². The summed E-state index contributed by atoms with van der Waals surface area (Å²) in [5.74, 6) is 1.68. The second-order valence-corrected chi connectivity index (χ2v) is 5.52. The highest BCUT2D eigenvalue weighted by atomic mass is 16.5. The standard InChI is InChI=1S/C18H21NO4/c1-11-8-9-17(22-11)12(2)19-18(21)14(4)23-16-7-5-6-15(10-16)13(3)20/h5-10,12,14H,1-4H3,(H,19,21)/t12-,14+/m0/s1. The Labute approximate surface area is 135 Å². The molecule has 0 saturated carbocycles. The molecule has 2 aromatic rings. The smallest absolute Gasteiger partial charge is 0.261 e. The van der Waals surface area contributed by atoms with Gasteiger partial charge in [0, 0.05) is 5.56 Å². The van der Waals surface area contributed by atoms with Gasteiger partial charge in [-0.2, -0.15) is 0 Å². The molecule has 1 aromatic heterocycles. The van der Waals surface area contributed by atoms with E-state index in [1.807, 2.05) is 26.0 Å². The number of rotatable bonds is 6. The first-order valence-electron chi connectivity index (χ1n) is 7.51. The van der Waals surface area contributed by atoms with Crippen LogP contribution >= 0.6 is 0 Å². The average molecular weight is 315 g/mol. The molecule has 122 valence electrons. The summed E-state index contributed by atoms with van der Waals surface area (Å²) in [7, 11) is 0. The fourth-order valence-electron chi connectivity index (χ4n) is 2.13. The summed E-state index contributed by atoms with van der Waals surface area (Å²) in [6, 6.07) is 10.2. The van der Waals surface area contributed by atoms with E-state index in [1.54, 1.807) is 31.2 Å². The predicted molar refractivity (Wildman–Crippen MR) is 86.5 cm³/mol. The van der Waals surface area contributed by atoms with E-state index in [2.05, 4.69) is 5.32 Å². The number of benzene rings is 1. The van der Waals surface area contributed by atoms with E-state index in [9.17, 15) is 9.59 Å². The molecule has 2 atom stereocenters. The topological polar surface area (TPSA) is 68.5 Å². The number of ether oxygens (including phenoxy) is 1. The van der Waals surface area contributed by atoms with E-state index in [-0.39, 0.29) is 17.7 Å². The average Bonchev–Trinajstić information content (AvgIpc) is 2.94. The number of Topliss-reactive ketones (excluding diaryl/α,β-unsaturated/α-hetero) is 1. The van der Waals surface area contributed by atoms with Crippen molar-refractivity contribution in [3.63, 3.8) is 0 Å². The van der Waals surface area contributed by atoms with Gasteiger partial charge in [-0.3, -0.25) is 9.59 Å². The summed E-state index contributed by atoms with van der Waals surface area (Å²) in [5.41, 5.74) is 0.550. The van der Waals surface area contributed by atoms with Gasteiger partial charge >= 0.3 is 0 Å². The third kappa shape index (κ3) is 4.45. The molecular formula is C18H21NO4. The SMILES string of the molecule is CC(=O)c1cccc(O[C@H](C)C(=O)N[C@@H](C)c2ccc(C)o2)c1. The van der Waals surface area contributed by atoms with Gasteiger partial charge in [-0.25, -0.2) is 0 Å². The molecular weight excluding hydrogens is 294 g/mol. The van der Waals surface area contributed by atoms with Crippen molar-refractivity contribution in [2.24, 2.45) is 0 Å². The molecule has 5 heteroatoms. The highest BCUT2D eigenvalue weighted by molar-refractivity contribution is 5.94. The zero-order chi connectivity index (χ0) is 17.0. The fraction of sp³-hybridized carbons (Fsp3) is 0.333. The lowest BCUT2D eigenvalue weighted by molar-refractivity contribution is -0.128. The van der Waals surface area contributed by atoms with Gasteiger partial charge in [0.15, 0.2) is 11.9 Å². The van der Waals surface area contributed by atoms with Crippen LogP contribution in [0, 0.1) is 6.92 Å². The van der Waals surface area contributed by atoms with Crippen LogP contribution in [0.25, 0.3) is 0 Å². The summed E-state index contributed by atoms with van der Waals surface area (Å²) in [6.45, 7) is 6.85. The Morgan fingerprint density at radius 1 is 1.17 bits per heavy atom. The molecule has 5 nitrogen and oxygen atoms in total. The molecule has 1 heterocycles. The highest BCUT2D eigenvalue weighted by Gasteiger charge is 2.19. The molecule has 0 aliphatic carbocycles. The Bertz CT molecular complexity index is 705. The maximum atomic E-state index is 12.2. The van der Waals surface area contributed by atoms with E-state index < -0.39 is 6.10 Å². The molecule has 1 N–H and O–H groups in total. The first-order valence-corrected chi connectivity index (χ1v) is 7.51. The van der Waals surface area contributed by atoms with Gasteiger partial charge in [-0.05, 0) is 52.0 Å². The van der Waals surface area contributed by atoms with Crippen molar-refractivity contribution in [3.05, 3.63) is 53.5 Å². The van der Waals surface area contributed by atoms with Gasteiger partial charge in [-0.1, -0.05) is 12.1 Å². The number of furan rings is 1. The van der Waals surface area contributed by atoms with Gasteiger partial charge in [0.25, 0.3) is 5.91 Å². The number of hydrogen-bond donors (Lipinski definition) is 1. The van der Waals surface area contributed by atoms with Crippen molar-refractivity contribution in [1.82, 2.24) is 5.32 Å². The molecule has 0 bridgehead atoms. The van der Waals surface area contributed by atoms with Gasteiger partial charge in [0.1, 0.15) is 17.3 Å². The van der Waals surface area contributed by atoms with Crippen LogP contribution in [-0.2, 0) is 4.79 Å². The molecule has 0 saturated heterocycles. The quantitative estimate of drug-likeness (QED) is 0.829. The molecule has 0 radical (unpaired) electrons. The molecule has 1 aromatic carbocycles. The van der Waals surface area contributed by atoms with Crippen LogP contribution in [-0.4, -0.2) is 17.8 Å². The maximum absolute atomic E-state index is 12.2. The van der Waals surface area contributed by atoms with Crippen molar-refractivity contribution < 1.29 is 18.7 Å². The molecule has 2 rings (SSSR count). The van der Waals surface area contributed by atoms with Crippen molar-refractivity contribution in [1.29, 1.82) is 0 Å². The largest absolute Gasteiger partial charge is 0.481 e. The molecule has 0 unspecified atom stereocenters. The number of ketones is 1. The van der Waals surface area contributed by atoms with Crippen LogP contribution in [0.2, 0.25) is 0 Å². The summed E-state index contributed by atoms with van der Waals surface area (Å²) in [6.07, 6.45) is -0.685. The lowest BCUT2D eigenvalue weighted by Gasteiger charge is -2.18. The van der Waals surface area contributed by atoms with E-state index in [4.69, 9.17) is 9.15 Å². The third-order valence-electron chi connectivity index (χ3n) is 3.47. The van der Waals surface area contributed by atoms with Crippen LogP contribution in [0.1, 0.15) is 48.7 Å². The predicted octanol–water partition coefficient (Wildman–Crippen LogP) is 3.44. The van der Waals surface area contributed by atoms with Crippen LogP contribution in [0.5, 0.6) is 5.75 Å². The molecule has 0 aliphatic rings.